The Labute approximate surface area is 85.1 Å². The topological polar surface area (TPSA) is 39.2 Å². The molecule has 0 bridgehead atoms. The Hall–Kier alpha value is -1.38. The number of rotatable bonds is 1. The molecule has 0 radical (unpaired) electrons. The molecular formula is C11H17NO2. The highest BCUT2D eigenvalue weighted by atomic mass is 16.5. The van der Waals surface area contributed by atoms with Gasteiger partial charge < -0.3 is 4.74 Å². The molecule has 0 saturated carbocycles. The Kier molecular flexibility index (Phi) is 5.53. The van der Waals surface area contributed by atoms with E-state index in [0.717, 1.165) is 5.56 Å². The standard InChI is InChI=1S/C9H11NO2.C2H6/c1-6-4-5-10-7(2)8(6)9(11)12-3;1-2/h4-5H,1-3H3;1-2H3. The summed E-state index contributed by atoms with van der Waals surface area (Å²) in [6.45, 7) is 7.65. The van der Waals surface area contributed by atoms with E-state index in [1.54, 1.807) is 19.2 Å². The highest BCUT2D eigenvalue weighted by molar-refractivity contribution is 5.91. The SMILES string of the molecule is CC.COC(=O)c1c(C)ccnc1C. The maximum absolute atomic E-state index is 11.2. The minimum absolute atomic E-state index is 0.321. The number of aromatic nitrogens is 1. The molecule has 3 nitrogen and oxygen atoms in total. The highest BCUT2D eigenvalue weighted by Crippen LogP contribution is 2.11. The molecule has 78 valence electrons. The van der Waals surface area contributed by atoms with Crippen molar-refractivity contribution in [1.29, 1.82) is 0 Å². The van der Waals surface area contributed by atoms with Crippen LogP contribution in [-0.2, 0) is 4.74 Å². The van der Waals surface area contributed by atoms with E-state index in [-0.39, 0.29) is 5.97 Å². The van der Waals surface area contributed by atoms with Crippen molar-refractivity contribution in [3.63, 3.8) is 0 Å². The van der Waals surface area contributed by atoms with Crippen LogP contribution < -0.4 is 0 Å². The van der Waals surface area contributed by atoms with E-state index >= 15 is 0 Å². The van der Waals surface area contributed by atoms with Crippen LogP contribution in [0, 0.1) is 13.8 Å². The zero-order valence-electron chi connectivity index (χ0n) is 9.42. The Morgan fingerprint density at radius 2 is 1.93 bits per heavy atom. The molecule has 0 saturated heterocycles. The first kappa shape index (κ1) is 12.6. The average Bonchev–Trinajstić information content (AvgIpc) is 2.20. The van der Waals surface area contributed by atoms with Crippen molar-refractivity contribution in [3.05, 3.63) is 29.1 Å². The lowest BCUT2D eigenvalue weighted by atomic mass is 10.1. The molecule has 1 aromatic rings. The summed E-state index contributed by atoms with van der Waals surface area (Å²) in [5.41, 5.74) is 2.18. The van der Waals surface area contributed by atoms with E-state index in [1.807, 2.05) is 20.8 Å². The molecule has 3 heteroatoms. The molecule has 1 aromatic heterocycles. The van der Waals surface area contributed by atoms with Crippen LogP contribution in [0.2, 0.25) is 0 Å². The molecule has 0 N–H and O–H groups in total. The maximum atomic E-state index is 11.2. The van der Waals surface area contributed by atoms with Crippen molar-refractivity contribution in [1.82, 2.24) is 4.98 Å². The summed E-state index contributed by atoms with van der Waals surface area (Å²) in [5, 5.41) is 0. The normalized spacial score (nSPS) is 8.64. The summed E-state index contributed by atoms with van der Waals surface area (Å²) in [7, 11) is 1.37. The van der Waals surface area contributed by atoms with Gasteiger partial charge in [-0.1, -0.05) is 13.8 Å². The molecule has 0 fully saturated rings. The van der Waals surface area contributed by atoms with Gasteiger partial charge in [0, 0.05) is 6.20 Å². The number of methoxy groups -OCH3 is 1. The summed E-state index contributed by atoms with van der Waals surface area (Å²) >= 11 is 0. The lowest BCUT2D eigenvalue weighted by Crippen LogP contribution is -2.07. The van der Waals surface area contributed by atoms with Crippen LogP contribution in [0.4, 0.5) is 0 Å². The fourth-order valence-electron chi connectivity index (χ4n) is 1.10. The third kappa shape index (κ3) is 2.83. The first-order chi connectivity index (χ1) is 6.66. The summed E-state index contributed by atoms with van der Waals surface area (Å²) in [6, 6.07) is 1.79. The largest absolute Gasteiger partial charge is 0.465 e. The fourth-order valence-corrected chi connectivity index (χ4v) is 1.10. The lowest BCUT2D eigenvalue weighted by Gasteiger charge is -2.04. The van der Waals surface area contributed by atoms with E-state index in [2.05, 4.69) is 9.72 Å². The molecule has 0 amide bonds. The number of hydrogen-bond donors (Lipinski definition) is 0. The predicted octanol–water partition coefficient (Wildman–Crippen LogP) is 2.51. The number of esters is 1. The van der Waals surface area contributed by atoms with Gasteiger partial charge in [0.2, 0.25) is 0 Å². The first-order valence-corrected chi connectivity index (χ1v) is 4.67. The molecular weight excluding hydrogens is 178 g/mol. The number of ether oxygens (including phenoxy) is 1. The van der Waals surface area contributed by atoms with Crippen molar-refractivity contribution in [2.24, 2.45) is 0 Å². The fraction of sp³-hybridized carbons (Fsp3) is 0.455. The van der Waals surface area contributed by atoms with Crippen molar-refractivity contribution in [2.45, 2.75) is 27.7 Å². The third-order valence-corrected chi connectivity index (χ3v) is 1.74. The van der Waals surface area contributed by atoms with Gasteiger partial charge in [0.25, 0.3) is 0 Å². The summed E-state index contributed by atoms with van der Waals surface area (Å²) in [5.74, 6) is -0.321. The van der Waals surface area contributed by atoms with Gasteiger partial charge in [-0.3, -0.25) is 4.98 Å². The molecule has 14 heavy (non-hydrogen) atoms. The highest BCUT2D eigenvalue weighted by Gasteiger charge is 2.11. The van der Waals surface area contributed by atoms with Crippen LogP contribution in [0.25, 0.3) is 0 Å². The predicted molar refractivity (Wildman–Crippen MR) is 56.4 cm³/mol. The van der Waals surface area contributed by atoms with Gasteiger partial charge in [-0.05, 0) is 25.5 Å². The van der Waals surface area contributed by atoms with Crippen molar-refractivity contribution >= 4 is 5.97 Å². The van der Waals surface area contributed by atoms with Crippen LogP contribution in [-0.4, -0.2) is 18.1 Å². The summed E-state index contributed by atoms with van der Waals surface area (Å²) in [6.07, 6.45) is 1.68. The lowest BCUT2D eigenvalue weighted by molar-refractivity contribution is 0.0598. The van der Waals surface area contributed by atoms with Crippen molar-refractivity contribution < 1.29 is 9.53 Å². The van der Waals surface area contributed by atoms with Gasteiger partial charge in [0.05, 0.1) is 18.4 Å². The maximum Gasteiger partial charge on any atom is 0.339 e. The van der Waals surface area contributed by atoms with E-state index < -0.39 is 0 Å². The van der Waals surface area contributed by atoms with E-state index in [1.165, 1.54) is 7.11 Å². The number of pyridine rings is 1. The molecule has 0 aliphatic heterocycles. The van der Waals surface area contributed by atoms with E-state index in [9.17, 15) is 4.79 Å². The van der Waals surface area contributed by atoms with E-state index in [0.29, 0.717) is 11.3 Å². The Bertz CT molecular complexity index is 288. The zero-order chi connectivity index (χ0) is 11.1. The molecule has 0 aliphatic rings. The minimum atomic E-state index is -0.321. The monoisotopic (exact) mass is 195 g/mol. The smallest absolute Gasteiger partial charge is 0.339 e. The number of nitrogens with zero attached hydrogens (tertiary/aromatic N) is 1. The third-order valence-electron chi connectivity index (χ3n) is 1.74. The van der Waals surface area contributed by atoms with Crippen LogP contribution in [0.1, 0.15) is 35.5 Å². The second-order valence-electron chi connectivity index (χ2n) is 2.58. The van der Waals surface area contributed by atoms with E-state index in [4.69, 9.17) is 0 Å². The Balaban J connectivity index is 0.000000791. The number of carbonyl (C=O) groups is 1. The Morgan fingerprint density at radius 3 is 2.36 bits per heavy atom. The number of hydrogen-bond acceptors (Lipinski definition) is 3. The summed E-state index contributed by atoms with van der Waals surface area (Å²) < 4.78 is 4.62. The van der Waals surface area contributed by atoms with Gasteiger partial charge in [-0.15, -0.1) is 0 Å². The molecule has 1 heterocycles. The molecule has 0 aromatic carbocycles. The Morgan fingerprint density at radius 1 is 1.36 bits per heavy atom. The van der Waals surface area contributed by atoms with Crippen LogP contribution in [0.5, 0.6) is 0 Å². The van der Waals surface area contributed by atoms with Crippen molar-refractivity contribution in [2.75, 3.05) is 7.11 Å². The second kappa shape index (κ2) is 6.13. The zero-order valence-corrected chi connectivity index (χ0v) is 9.42. The van der Waals surface area contributed by atoms with Crippen LogP contribution in [0.15, 0.2) is 12.3 Å². The number of aryl methyl sites for hydroxylation is 2. The summed E-state index contributed by atoms with van der Waals surface area (Å²) in [4.78, 5) is 15.2. The van der Waals surface area contributed by atoms with Crippen LogP contribution >= 0.6 is 0 Å². The quantitative estimate of drug-likeness (QED) is 0.646. The second-order valence-corrected chi connectivity index (χ2v) is 2.58. The molecule has 0 unspecified atom stereocenters. The first-order valence-electron chi connectivity index (χ1n) is 4.67. The van der Waals surface area contributed by atoms with Gasteiger partial charge in [0.1, 0.15) is 0 Å². The molecule has 1 rings (SSSR count). The van der Waals surface area contributed by atoms with Gasteiger partial charge >= 0.3 is 5.97 Å². The van der Waals surface area contributed by atoms with Gasteiger partial charge in [-0.2, -0.15) is 0 Å². The van der Waals surface area contributed by atoms with Crippen molar-refractivity contribution in [3.8, 4) is 0 Å². The van der Waals surface area contributed by atoms with Crippen LogP contribution in [0.3, 0.4) is 0 Å². The molecule has 0 spiro atoms. The van der Waals surface area contributed by atoms with Gasteiger partial charge in [0.15, 0.2) is 0 Å². The average molecular weight is 195 g/mol. The minimum Gasteiger partial charge on any atom is -0.465 e. The number of carbonyl (C=O) groups excluding carboxylic acids is 1. The van der Waals surface area contributed by atoms with Gasteiger partial charge in [-0.25, -0.2) is 4.79 Å². The molecule has 0 aliphatic carbocycles. The molecule has 0 atom stereocenters.